The lowest BCUT2D eigenvalue weighted by Crippen LogP contribution is -2.32. The highest BCUT2D eigenvalue weighted by molar-refractivity contribution is 5.85. The lowest BCUT2D eigenvalue weighted by atomic mass is 10.0. The molecule has 1 amide bonds. The molecular formula is C23H26N2O3. The van der Waals surface area contributed by atoms with Crippen LogP contribution in [-0.2, 0) is 17.9 Å². The van der Waals surface area contributed by atoms with Gasteiger partial charge in [0.1, 0.15) is 5.75 Å². The van der Waals surface area contributed by atoms with Crippen molar-refractivity contribution in [3.05, 3.63) is 75.1 Å². The van der Waals surface area contributed by atoms with Crippen molar-refractivity contribution in [1.82, 2.24) is 9.88 Å². The van der Waals surface area contributed by atoms with Crippen LogP contribution in [0.4, 0.5) is 0 Å². The standard InChI is InChI=1S/C23H26N2O3/c1-5-21(26)25(13-17-8-10-19(28-4)11-9-17)14-18-12-20-15(2)6-7-16(3)22(20)24-23(18)27/h6-12H,5,13-14H2,1-4H3,(H,24,27). The molecule has 0 spiro atoms. The number of aromatic amines is 1. The summed E-state index contributed by atoms with van der Waals surface area (Å²) < 4.78 is 5.19. The van der Waals surface area contributed by atoms with Gasteiger partial charge in [0.15, 0.2) is 0 Å². The summed E-state index contributed by atoms with van der Waals surface area (Å²) in [5.41, 5.74) is 4.43. The molecule has 1 heterocycles. The van der Waals surface area contributed by atoms with Gasteiger partial charge in [-0.15, -0.1) is 0 Å². The van der Waals surface area contributed by atoms with Crippen molar-refractivity contribution in [3.63, 3.8) is 0 Å². The summed E-state index contributed by atoms with van der Waals surface area (Å²) in [7, 11) is 1.62. The average Bonchev–Trinajstić information content (AvgIpc) is 2.71. The Hall–Kier alpha value is -3.08. The van der Waals surface area contributed by atoms with E-state index in [2.05, 4.69) is 4.98 Å². The minimum absolute atomic E-state index is 0.0104. The predicted octanol–water partition coefficient (Wildman–Crippen LogP) is 4.09. The summed E-state index contributed by atoms with van der Waals surface area (Å²) >= 11 is 0. The third-order valence-corrected chi connectivity index (χ3v) is 5.07. The van der Waals surface area contributed by atoms with E-state index in [9.17, 15) is 9.59 Å². The topological polar surface area (TPSA) is 62.4 Å². The number of pyridine rings is 1. The van der Waals surface area contributed by atoms with E-state index in [4.69, 9.17) is 4.74 Å². The molecule has 3 rings (SSSR count). The second-order valence-corrected chi connectivity index (χ2v) is 7.06. The number of amides is 1. The molecule has 0 aliphatic heterocycles. The molecule has 3 aromatic rings. The van der Waals surface area contributed by atoms with Gasteiger partial charge in [-0.25, -0.2) is 0 Å². The smallest absolute Gasteiger partial charge is 0.253 e. The molecule has 0 saturated heterocycles. The quantitative estimate of drug-likeness (QED) is 0.703. The number of carbonyl (C=O) groups excluding carboxylic acids is 1. The Kier molecular flexibility index (Phi) is 5.83. The number of methoxy groups -OCH3 is 1. The first kappa shape index (κ1) is 19.7. The van der Waals surface area contributed by atoms with E-state index in [1.807, 2.05) is 63.2 Å². The summed E-state index contributed by atoms with van der Waals surface area (Å²) in [5, 5.41) is 1.02. The van der Waals surface area contributed by atoms with E-state index < -0.39 is 0 Å². The van der Waals surface area contributed by atoms with Crippen LogP contribution < -0.4 is 10.3 Å². The van der Waals surface area contributed by atoms with E-state index in [1.54, 1.807) is 12.0 Å². The van der Waals surface area contributed by atoms with Gasteiger partial charge in [-0.2, -0.15) is 0 Å². The predicted molar refractivity (Wildman–Crippen MR) is 112 cm³/mol. The van der Waals surface area contributed by atoms with Crippen LogP contribution in [-0.4, -0.2) is 22.9 Å². The number of hydrogen-bond acceptors (Lipinski definition) is 3. The van der Waals surface area contributed by atoms with Gasteiger partial charge in [0, 0.05) is 23.9 Å². The van der Waals surface area contributed by atoms with Gasteiger partial charge in [-0.1, -0.05) is 31.2 Å². The number of nitrogens with zero attached hydrogens (tertiary/aromatic N) is 1. The van der Waals surface area contributed by atoms with Gasteiger partial charge in [0.2, 0.25) is 5.91 Å². The van der Waals surface area contributed by atoms with E-state index >= 15 is 0 Å². The normalized spacial score (nSPS) is 10.9. The molecule has 0 aliphatic carbocycles. The minimum atomic E-state index is -0.148. The fourth-order valence-corrected chi connectivity index (χ4v) is 3.35. The molecule has 0 radical (unpaired) electrons. The Bertz CT molecular complexity index is 1050. The van der Waals surface area contributed by atoms with E-state index in [0.717, 1.165) is 33.3 Å². The van der Waals surface area contributed by atoms with Crippen LogP contribution in [0.2, 0.25) is 0 Å². The van der Waals surface area contributed by atoms with Crippen molar-refractivity contribution >= 4 is 16.8 Å². The number of aromatic nitrogens is 1. The Labute approximate surface area is 165 Å². The van der Waals surface area contributed by atoms with Crippen LogP contribution >= 0.6 is 0 Å². The molecule has 0 bridgehead atoms. The summed E-state index contributed by atoms with van der Waals surface area (Å²) in [6.45, 7) is 6.56. The molecule has 0 aliphatic rings. The van der Waals surface area contributed by atoms with Gasteiger partial charge in [0.05, 0.1) is 19.2 Å². The molecule has 5 nitrogen and oxygen atoms in total. The van der Waals surface area contributed by atoms with E-state index in [-0.39, 0.29) is 18.0 Å². The first-order chi connectivity index (χ1) is 13.4. The molecule has 0 unspecified atom stereocenters. The van der Waals surface area contributed by atoms with Crippen molar-refractivity contribution in [2.75, 3.05) is 7.11 Å². The number of benzene rings is 2. The highest BCUT2D eigenvalue weighted by atomic mass is 16.5. The number of carbonyl (C=O) groups is 1. The zero-order valence-corrected chi connectivity index (χ0v) is 16.8. The Balaban J connectivity index is 1.94. The van der Waals surface area contributed by atoms with Crippen LogP contribution in [0.15, 0.2) is 47.3 Å². The first-order valence-electron chi connectivity index (χ1n) is 9.45. The third kappa shape index (κ3) is 4.09. The van der Waals surface area contributed by atoms with Crippen LogP contribution in [0.3, 0.4) is 0 Å². The van der Waals surface area contributed by atoms with Crippen molar-refractivity contribution in [2.24, 2.45) is 0 Å². The monoisotopic (exact) mass is 378 g/mol. The summed E-state index contributed by atoms with van der Waals surface area (Å²) in [5.74, 6) is 0.783. The summed E-state index contributed by atoms with van der Waals surface area (Å²) in [4.78, 5) is 29.9. The highest BCUT2D eigenvalue weighted by Gasteiger charge is 2.16. The molecular weight excluding hydrogens is 352 g/mol. The second-order valence-electron chi connectivity index (χ2n) is 7.06. The lowest BCUT2D eigenvalue weighted by Gasteiger charge is -2.22. The first-order valence-corrected chi connectivity index (χ1v) is 9.45. The van der Waals surface area contributed by atoms with Crippen molar-refractivity contribution in [3.8, 4) is 5.75 Å². The number of nitrogens with one attached hydrogen (secondary N) is 1. The Morgan fingerprint density at radius 1 is 1.04 bits per heavy atom. The number of ether oxygens (including phenoxy) is 1. The molecule has 2 aromatic carbocycles. The molecule has 1 aromatic heterocycles. The molecule has 1 N–H and O–H groups in total. The fraction of sp³-hybridized carbons (Fsp3) is 0.304. The van der Waals surface area contributed by atoms with Crippen molar-refractivity contribution in [2.45, 2.75) is 40.3 Å². The van der Waals surface area contributed by atoms with E-state index in [0.29, 0.717) is 18.5 Å². The Morgan fingerprint density at radius 3 is 2.36 bits per heavy atom. The van der Waals surface area contributed by atoms with Crippen LogP contribution in [0, 0.1) is 13.8 Å². The third-order valence-electron chi connectivity index (χ3n) is 5.07. The number of rotatable bonds is 6. The molecule has 28 heavy (non-hydrogen) atoms. The molecule has 0 atom stereocenters. The maximum atomic E-state index is 12.7. The number of aryl methyl sites for hydroxylation is 2. The van der Waals surface area contributed by atoms with Crippen LogP contribution in [0.5, 0.6) is 5.75 Å². The number of H-pyrrole nitrogens is 1. The van der Waals surface area contributed by atoms with Crippen molar-refractivity contribution < 1.29 is 9.53 Å². The summed E-state index contributed by atoms with van der Waals surface area (Å²) in [6, 6.07) is 13.6. The molecule has 5 heteroatoms. The number of fused-ring (bicyclic) bond motifs is 1. The van der Waals surface area contributed by atoms with Crippen LogP contribution in [0.25, 0.3) is 10.9 Å². The second kappa shape index (κ2) is 8.30. The zero-order chi connectivity index (χ0) is 20.3. The van der Waals surface area contributed by atoms with Crippen LogP contribution in [0.1, 0.15) is 35.6 Å². The lowest BCUT2D eigenvalue weighted by molar-refractivity contribution is -0.132. The number of hydrogen-bond donors (Lipinski definition) is 1. The SMILES string of the molecule is CCC(=O)N(Cc1ccc(OC)cc1)Cc1cc2c(C)ccc(C)c2[nH]c1=O. The highest BCUT2D eigenvalue weighted by Crippen LogP contribution is 2.21. The summed E-state index contributed by atoms with van der Waals surface area (Å²) in [6.07, 6.45) is 0.389. The largest absolute Gasteiger partial charge is 0.497 e. The molecule has 0 fully saturated rings. The molecule has 0 saturated carbocycles. The van der Waals surface area contributed by atoms with Gasteiger partial charge >= 0.3 is 0 Å². The Morgan fingerprint density at radius 2 is 1.71 bits per heavy atom. The van der Waals surface area contributed by atoms with Gasteiger partial charge in [-0.05, 0) is 48.7 Å². The minimum Gasteiger partial charge on any atom is -0.497 e. The maximum absolute atomic E-state index is 12.7. The van der Waals surface area contributed by atoms with Crippen molar-refractivity contribution in [1.29, 1.82) is 0 Å². The molecule has 146 valence electrons. The fourth-order valence-electron chi connectivity index (χ4n) is 3.35. The zero-order valence-electron chi connectivity index (χ0n) is 16.8. The van der Waals surface area contributed by atoms with E-state index in [1.165, 1.54) is 0 Å². The van der Waals surface area contributed by atoms with Gasteiger partial charge in [-0.3, -0.25) is 9.59 Å². The van der Waals surface area contributed by atoms with Gasteiger partial charge in [0.25, 0.3) is 5.56 Å². The maximum Gasteiger partial charge on any atom is 0.253 e. The average molecular weight is 378 g/mol. The van der Waals surface area contributed by atoms with Gasteiger partial charge < -0.3 is 14.6 Å².